The third-order valence-corrected chi connectivity index (χ3v) is 4.59. The minimum atomic E-state index is -0.294. The zero-order valence-corrected chi connectivity index (χ0v) is 13.2. The van der Waals surface area contributed by atoms with E-state index in [1.165, 1.54) is 25.3 Å². The van der Waals surface area contributed by atoms with Gasteiger partial charge in [-0.3, -0.25) is 9.69 Å². The number of halogens is 1. The summed E-state index contributed by atoms with van der Waals surface area (Å²) in [5.74, 6) is -0.229. The van der Waals surface area contributed by atoms with Crippen LogP contribution in [0.3, 0.4) is 0 Å². The largest absolute Gasteiger partial charge is 0.302 e. The molecule has 1 fully saturated rings. The molecule has 0 aliphatic heterocycles. The van der Waals surface area contributed by atoms with Gasteiger partial charge in [-0.15, -0.1) is 0 Å². The lowest BCUT2D eigenvalue weighted by atomic mass is 9.75. The second-order valence-corrected chi connectivity index (χ2v) is 6.45. The Kier molecular flexibility index (Phi) is 5.12. The molecule has 4 heteroatoms. The molecular formula is C17H25FN2O. The number of nitrogens with zero attached hydrogens (tertiary/aromatic N) is 2. The maximum absolute atomic E-state index is 13.6. The molecule has 0 saturated heterocycles. The van der Waals surface area contributed by atoms with Gasteiger partial charge < -0.3 is 4.90 Å². The Morgan fingerprint density at radius 2 is 1.90 bits per heavy atom. The average Bonchev–Trinajstić information content (AvgIpc) is 2.36. The minimum Gasteiger partial charge on any atom is -0.302 e. The topological polar surface area (TPSA) is 23.6 Å². The number of hydrogen-bond donors (Lipinski definition) is 0. The van der Waals surface area contributed by atoms with Crippen LogP contribution in [0.25, 0.3) is 0 Å². The van der Waals surface area contributed by atoms with E-state index in [4.69, 9.17) is 0 Å². The van der Waals surface area contributed by atoms with E-state index in [0.29, 0.717) is 12.1 Å². The number of likely N-dealkylation sites (N-methyl/N-ethyl adjacent to an activating group) is 2. The number of carbonyl (C=O) groups is 1. The van der Waals surface area contributed by atoms with E-state index in [9.17, 15) is 9.18 Å². The molecule has 0 atom stereocenters. The van der Waals surface area contributed by atoms with Gasteiger partial charge in [-0.25, -0.2) is 4.39 Å². The zero-order chi connectivity index (χ0) is 15.5. The van der Waals surface area contributed by atoms with Crippen LogP contribution in [0.4, 0.5) is 4.39 Å². The SMILES string of the molecule is CN(CC(=O)Cc1ccccc1F)CC1(N(C)C)CCC1. The first-order chi connectivity index (χ1) is 9.93. The predicted molar refractivity (Wildman–Crippen MR) is 82.9 cm³/mol. The third-order valence-electron chi connectivity index (χ3n) is 4.59. The normalized spacial score (nSPS) is 17.0. The van der Waals surface area contributed by atoms with Crippen molar-refractivity contribution in [2.24, 2.45) is 0 Å². The van der Waals surface area contributed by atoms with E-state index < -0.39 is 0 Å². The number of carbonyl (C=O) groups excluding carboxylic acids is 1. The minimum absolute atomic E-state index is 0.0656. The summed E-state index contributed by atoms with van der Waals surface area (Å²) in [4.78, 5) is 16.5. The molecule has 2 rings (SSSR count). The molecule has 0 N–H and O–H groups in total. The summed E-state index contributed by atoms with van der Waals surface area (Å²) in [6.07, 6.45) is 3.80. The molecule has 1 aliphatic rings. The molecule has 0 bridgehead atoms. The summed E-state index contributed by atoms with van der Waals surface area (Å²) in [6, 6.07) is 6.50. The van der Waals surface area contributed by atoms with Crippen molar-refractivity contribution < 1.29 is 9.18 Å². The molecule has 0 heterocycles. The molecule has 1 aliphatic carbocycles. The Labute approximate surface area is 126 Å². The van der Waals surface area contributed by atoms with Crippen LogP contribution in [0.5, 0.6) is 0 Å². The van der Waals surface area contributed by atoms with Crippen molar-refractivity contribution in [3.8, 4) is 0 Å². The summed E-state index contributed by atoms with van der Waals surface area (Å²) in [5.41, 5.74) is 0.703. The molecule has 0 radical (unpaired) electrons. The molecule has 116 valence electrons. The van der Waals surface area contributed by atoms with Gasteiger partial charge in [0, 0.05) is 18.5 Å². The summed E-state index contributed by atoms with van der Waals surface area (Å²) < 4.78 is 13.6. The maximum Gasteiger partial charge on any atom is 0.151 e. The lowest BCUT2D eigenvalue weighted by Gasteiger charge is -2.49. The summed E-state index contributed by atoms with van der Waals surface area (Å²) in [5, 5.41) is 0. The van der Waals surface area contributed by atoms with Gasteiger partial charge in [-0.05, 0) is 52.0 Å². The highest BCUT2D eigenvalue weighted by Crippen LogP contribution is 2.36. The number of Topliss-reactive ketones (excluding diaryl/α,β-unsaturated/α-hetero) is 1. The van der Waals surface area contributed by atoms with Crippen molar-refractivity contribution in [1.82, 2.24) is 9.80 Å². The highest BCUT2D eigenvalue weighted by atomic mass is 19.1. The summed E-state index contributed by atoms with van der Waals surface area (Å²) >= 11 is 0. The Hall–Kier alpha value is -1.26. The van der Waals surface area contributed by atoms with Crippen molar-refractivity contribution in [2.45, 2.75) is 31.2 Å². The van der Waals surface area contributed by atoms with Crippen LogP contribution < -0.4 is 0 Å². The predicted octanol–water partition coefficient (Wildman–Crippen LogP) is 2.35. The van der Waals surface area contributed by atoms with Gasteiger partial charge in [-0.2, -0.15) is 0 Å². The van der Waals surface area contributed by atoms with Crippen LogP contribution >= 0.6 is 0 Å². The number of ketones is 1. The first-order valence-corrected chi connectivity index (χ1v) is 7.54. The highest BCUT2D eigenvalue weighted by Gasteiger charge is 2.39. The van der Waals surface area contributed by atoms with Crippen LogP contribution in [-0.2, 0) is 11.2 Å². The maximum atomic E-state index is 13.6. The van der Waals surface area contributed by atoms with E-state index in [1.807, 2.05) is 7.05 Å². The van der Waals surface area contributed by atoms with E-state index in [0.717, 1.165) is 6.54 Å². The molecule has 0 spiro atoms. The van der Waals surface area contributed by atoms with Gasteiger partial charge in [0.2, 0.25) is 0 Å². The number of rotatable bonds is 7. The molecule has 1 aromatic rings. The van der Waals surface area contributed by atoms with Crippen molar-refractivity contribution in [1.29, 1.82) is 0 Å². The number of hydrogen-bond acceptors (Lipinski definition) is 3. The van der Waals surface area contributed by atoms with Crippen LogP contribution in [-0.4, -0.2) is 55.4 Å². The van der Waals surface area contributed by atoms with Gasteiger partial charge in [0.05, 0.1) is 6.54 Å². The van der Waals surface area contributed by atoms with E-state index in [2.05, 4.69) is 23.9 Å². The molecule has 3 nitrogen and oxygen atoms in total. The Bertz CT molecular complexity index is 497. The second-order valence-electron chi connectivity index (χ2n) is 6.45. The second kappa shape index (κ2) is 6.67. The average molecular weight is 292 g/mol. The molecule has 0 aromatic heterocycles. The van der Waals surface area contributed by atoms with Crippen LogP contribution in [0.2, 0.25) is 0 Å². The number of benzene rings is 1. The first-order valence-electron chi connectivity index (χ1n) is 7.54. The smallest absolute Gasteiger partial charge is 0.151 e. The van der Waals surface area contributed by atoms with Crippen LogP contribution in [0, 0.1) is 5.82 Å². The fourth-order valence-corrected chi connectivity index (χ4v) is 3.10. The third kappa shape index (κ3) is 3.89. The van der Waals surface area contributed by atoms with E-state index in [1.54, 1.807) is 18.2 Å². The molecule has 1 aromatic carbocycles. The molecule has 21 heavy (non-hydrogen) atoms. The quantitative estimate of drug-likeness (QED) is 0.771. The monoisotopic (exact) mass is 292 g/mol. The standard InChI is InChI=1S/C17H25FN2O/c1-19(2)17(9-6-10-17)13-20(3)12-15(21)11-14-7-4-5-8-16(14)18/h4-5,7-8H,6,9-13H2,1-3H3. The summed E-state index contributed by atoms with van der Waals surface area (Å²) in [6.45, 7) is 1.27. The fraction of sp³-hybridized carbons (Fsp3) is 0.588. The first kappa shape index (κ1) is 16.1. The lowest BCUT2D eigenvalue weighted by Crippen LogP contribution is -2.57. The van der Waals surface area contributed by atoms with Crippen molar-refractivity contribution in [3.63, 3.8) is 0 Å². The molecular weight excluding hydrogens is 267 g/mol. The Balaban J connectivity index is 1.86. The zero-order valence-electron chi connectivity index (χ0n) is 13.2. The fourth-order valence-electron chi connectivity index (χ4n) is 3.10. The van der Waals surface area contributed by atoms with Crippen molar-refractivity contribution in [3.05, 3.63) is 35.6 Å². The van der Waals surface area contributed by atoms with E-state index >= 15 is 0 Å². The van der Waals surface area contributed by atoms with Gasteiger partial charge in [0.15, 0.2) is 5.78 Å². The van der Waals surface area contributed by atoms with Crippen molar-refractivity contribution in [2.75, 3.05) is 34.2 Å². The molecule has 0 amide bonds. The molecule has 1 saturated carbocycles. The van der Waals surface area contributed by atoms with Gasteiger partial charge in [0.25, 0.3) is 0 Å². The van der Waals surface area contributed by atoms with Gasteiger partial charge in [-0.1, -0.05) is 18.2 Å². The Morgan fingerprint density at radius 1 is 1.24 bits per heavy atom. The highest BCUT2D eigenvalue weighted by molar-refractivity contribution is 5.82. The van der Waals surface area contributed by atoms with Gasteiger partial charge >= 0.3 is 0 Å². The Morgan fingerprint density at radius 3 is 2.43 bits per heavy atom. The van der Waals surface area contributed by atoms with E-state index in [-0.39, 0.29) is 23.6 Å². The summed E-state index contributed by atoms with van der Waals surface area (Å²) in [7, 11) is 6.19. The lowest BCUT2D eigenvalue weighted by molar-refractivity contribution is -0.119. The van der Waals surface area contributed by atoms with Crippen LogP contribution in [0.1, 0.15) is 24.8 Å². The van der Waals surface area contributed by atoms with Crippen LogP contribution in [0.15, 0.2) is 24.3 Å². The van der Waals surface area contributed by atoms with Crippen molar-refractivity contribution >= 4 is 5.78 Å². The van der Waals surface area contributed by atoms with Gasteiger partial charge in [0.1, 0.15) is 5.82 Å². The molecule has 0 unspecified atom stereocenters.